The Morgan fingerprint density at radius 1 is 1.35 bits per heavy atom. The summed E-state index contributed by atoms with van der Waals surface area (Å²) in [7, 11) is 3.11. The van der Waals surface area contributed by atoms with Crippen LogP contribution in [0.15, 0.2) is 11.4 Å². The number of carboxylic acids is 1. The predicted molar refractivity (Wildman–Crippen MR) is 87.9 cm³/mol. The van der Waals surface area contributed by atoms with E-state index in [4.69, 9.17) is 5.11 Å². The van der Waals surface area contributed by atoms with Gasteiger partial charge in [0.05, 0.1) is 11.3 Å². The Bertz CT molecular complexity index is 446. The highest BCUT2D eigenvalue weighted by molar-refractivity contribution is 8.76. The fourth-order valence-corrected chi connectivity index (χ4v) is 4.35. The predicted octanol–water partition coefficient (Wildman–Crippen LogP) is 3.46. The summed E-state index contributed by atoms with van der Waals surface area (Å²) in [6.07, 6.45) is 0.178. The van der Waals surface area contributed by atoms with Crippen LogP contribution in [0.4, 0.5) is 0 Å². The number of rotatable bonds is 9. The normalized spacial score (nSPS) is 10.8. The van der Waals surface area contributed by atoms with Gasteiger partial charge in [0.15, 0.2) is 0 Å². The van der Waals surface area contributed by atoms with Gasteiger partial charge in [-0.1, -0.05) is 35.4 Å². The Hall–Kier alpha value is -0.660. The summed E-state index contributed by atoms with van der Waals surface area (Å²) < 4.78 is 0. The highest BCUT2D eigenvalue weighted by Crippen LogP contribution is 2.24. The molecule has 1 aromatic heterocycles. The van der Waals surface area contributed by atoms with Crippen molar-refractivity contribution in [2.75, 3.05) is 18.1 Å². The van der Waals surface area contributed by atoms with Crippen LogP contribution >= 0.6 is 32.9 Å². The van der Waals surface area contributed by atoms with E-state index in [2.05, 4.69) is 19.2 Å². The Morgan fingerprint density at radius 2 is 2.05 bits per heavy atom. The van der Waals surface area contributed by atoms with Gasteiger partial charge in [0.25, 0.3) is 5.91 Å². The van der Waals surface area contributed by atoms with Crippen LogP contribution < -0.4 is 5.32 Å². The number of thiophene rings is 1. The van der Waals surface area contributed by atoms with Crippen molar-refractivity contribution < 1.29 is 14.7 Å². The van der Waals surface area contributed by atoms with Crippen LogP contribution in [0.3, 0.4) is 0 Å². The molecule has 1 amide bonds. The van der Waals surface area contributed by atoms with Crippen LogP contribution in [0.25, 0.3) is 0 Å². The number of carboxylic acid groups (broad SMARTS) is 1. The van der Waals surface area contributed by atoms with Crippen molar-refractivity contribution >= 4 is 44.8 Å². The third-order valence-corrected chi connectivity index (χ3v) is 5.81. The van der Waals surface area contributed by atoms with E-state index >= 15 is 0 Å². The first-order valence-corrected chi connectivity index (χ1v) is 9.71. The molecule has 0 radical (unpaired) electrons. The summed E-state index contributed by atoms with van der Waals surface area (Å²) in [6.45, 7) is 4.75. The lowest BCUT2D eigenvalue weighted by molar-refractivity contribution is -0.136. The summed E-state index contributed by atoms with van der Waals surface area (Å²) in [5.74, 6) is 0.933. The van der Waals surface area contributed by atoms with Gasteiger partial charge in [0.1, 0.15) is 0 Å². The SMILES string of the molecule is CC(C)c1ccsc1C(=O)NCCSSCCC(=O)O. The van der Waals surface area contributed by atoms with Crippen molar-refractivity contribution in [2.24, 2.45) is 0 Å². The van der Waals surface area contributed by atoms with E-state index in [0.717, 1.165) is 16.2 Å². The van der Waals surface area contributed by atoms with Crippen molar-refractivity contribution in [3.63, 3.8) is 0 Å². The van der Waals surface area contributed by atoms with Gasteiger partial charge in [-0.3, -0.25) is 9.59 Å². The Kier molecular flexibility index (Phi) is 8.09. The van der Waals surface area contributed by atoms with Gasteiger partial charge in [-0.15, -0.1) is 11.3 Å². The fourth-order valence-electron chi connectivity index (χ4n) is 1.49. The lowest BCUT2D eigenvalue weighted by Crippen LogP contribution is -2.25. The second kappa shape index (κ2) is 9.31. The third kappa shape index (κ3) is 6.19. The molecule has 0 aliphatic carbocycles. The fraction of sp³-hybridized carbons (Fsp3) is 0.538. The standard InChI is InChI=1S/C13H19NO3S3/c1-9(2)10-3-6-18-12(10)13(17)14-5-8-20-19-7-4-11(15)16/h3,6,9H,4-5,7-8H2,1-2H3,(H,14,17)(H,15,16). The van der Waals surface area contributed by atoms with Crippen LogP contribution in [0.5, 0.6) is 0 Å². The van der Waals surface area contributed by atoms with Crippen molar-refractivity contribution in [3.05, 3.63) is 21.9 Å². The largest absolute Gasteiger partial charge is 0.481 e. The number of hydrogen-bond donors (Lipinski definition) is 2. The lowest BCUT2D eigenvalue weighted by atomic mass is 10.0. The quantitative estimate of drug-likeness (QED) is 0.535. The van der Waals surface area contributed by atoms with Crippen LogP contribution in [-0.4, -0.2) is 35.0 Å². The van der Waals surface area contributed by atoms with E-state index in [1.807, 2.05) is 11.4 Å². The highest BCUT2D eigenvalue weighted by Gasteiger charge is 2.14. The number of aliphatic carboxylic acids is 1. The maximum absolute atomic E-state index is 12.0. The second-order valence-electron chi connectivity index (χ2n) is 4.40. The maximum atomic E-state index is 12.0. The van der Waals surface area contributed by atoms with Gasteiger partial charge in [-0.25, -0.2) is 0 Å². The van der Waals surface area contributed by atoms with E-state index in [9.17, 15) is 9.59 Å². The average molecular weight is 334 g/mol. The molecule has 20 heavy (non-hydrogen) atoms. The third-order valence-electron chi connectivity index (χ3n) is 2.48. The number of nitrogens with one attached hydrogen (secondary N) is 1. The van der Waals surface area contributed by atoms with Gasteiger partial charge in [-0.2, -0.15) is 0 Å². The van der Waals surface area contributed by atoms with E-state index in [1.54, 1.807) is 10.8 Å². The summed E-state index contributed by atoms with van der Waals surface area (Å²) in [4.78, 5) is 23.1. The molecule has 0 aromatic carbocycles. The van der Waals surface area contributed by atoms with Gasteiger partial charge >= 0.3 is 5.97 Å². The minimum Gasteiger partial charge on any atom is -0.481 e. The topological polar surface area (TPSA) is 66.4 Å². The first-order chi connectivity index (χ1) is 9.52. The Labute approximate surface area is 131 Å². The molecule has 0 spiro atoms. The zero-order chi connectivity index (χ0) is 15.0. The first kappa shape index (κ1) is 17.4. The molecule has 1 heterocycles. The Morgan fingerprint density at radius 3 is 2.70 bits per heavy atom. The monoisotopic (exact) mass is 333 g/mol. The number of hydrogen-bond acceptors (Lipinski definition) is 5. The smallest absolute Gasteiger partial charge is 0.304 e. The van der Waals surface area contributed by atoms with Crippen molar-refractivity contribution in [1.29, 1.82) is 0 Å². The summed E-state index contributed by atoms with van der Waals surface area (Å²) in [5, 5.41) is 13.3. The maximum Gasteiger partial charge on any atom is 0.304 e. The molecule has 0 fully saturated rings. The van der Waals surface area contributed by atoms with Crippen molar-refractivity contribution in [2.45, 2.75) is 26.2 Å². The first-order valence-electron chi connectivity index (χ1n) is 6.34. The number of carbonyl (C=O) groups excluding carboxylic acids is 1. The van der Waals surface area contributed by atoms with E-state index in [1.165, 1.54) is 22.1 Å². The highest BCUT2D eigenvalue weighted by atomic mass is 33.1. The molecule has 0 saturated heterocycles. The van der Waals surface area contributed by atoms with Crippen molar-refractivity contribution in [3.8, 4) is 0 Å². The number of carbonyl (C=O) groups is 2. The zero-order valence-electron chi connectivity index (χ0n) is 11.5. The molecule has 0 aliphatic heterocycles. The molecule has 0 saturated carbocycles. The molecule has 7 heteroatoms. The Balaban J connectivity index is 2.20. The molecule has 0 bridgehead atoms. The molecule has 1 aromatic rings. The molecule has 0 aliphatic rings. The number of amides is 1. The minimum absolute atomic E-state index is 0.0140. The molecule has 4 nitrogen and oxygen atoms in total. The summed E-state index contributed by atoms with van der Waals surface area (Å²) >= 11 is 1.47. The summed E-state index contributed by atoms with van der Waals surface area (Å²) in [6, 6.07) is 2.00. The average Bonchev–Trinajstić information content (AvgIpc) is 2.86. The van der Waals surface area contributed by atoms with E-state index in [0.29, 0.717) is 18.2 Å². The molecule has 2 N–H and O–H groups in total. The molecule has 112 valence electrons. The van der Waals surface area contributed by atoms with E-state index < -0.39 is 5.97 Å². The van der Waals surface area contributed by atoms with Gasteiger partial charge in [-0.05, 0) is 22.9 Å². The molecule has 0 atom stereocenters. The van der Waals surface area contributed by atoms with Gasteiger partial charge < -0.3 is 10.4 Å². The molecule has 0 unspecified atom stereocenters. The van der Waals surface area contributed by atoms with Gasteiger partial charge in [0, 0.05) is 18.1 Å². The second-order valence-corrected chi connectivity index (χ2v) is 8.02. The van der Waals surface area contributed by atoms with Gasteiger partial charge in [0.2, 0.25) is 0 Å². The molecular weight excluding hydrogens is 314 g/mol. The van der Waals surface area contributed by atoms with Crippen molar-refractivity contribution in [1.82, 2.24) is 5.32 Å². The molecule has 1 rings (SSSR count). The van der Waals surface area contributed by atoms with Crippen LogP contribution in [-0.2, 0) is 4.79 Å². The zero-order valence-corrected chi connectivity index (χ0v) is 14.0. The minimum atomic E-state index is -0.773. The van der Waals surface area contributed by atoms with E-state index in [-0.39, 0.29) is 12.3 Å². The van der Waals surface area contributed by atoms with Crippen LogP contribution in [0, 0.1) is 0 Å². The van der Waals surface area contributed by atoms with Crippen LogP contribution in [0.2, 0.25) is 0 Å². The molecular formula is C13H19NO3S3. The lowest BCUT2D eigenvalue weighted by Gasteiger charge is -2.07. The summed E-state index contributed by atoms with van der Waals surface area (Å²) in [5.41, 5.74) is 1.09. The van der Waals surface area contributed by atoms with Crippen LogP contribution in [0.1, 0.15) is 41.4 Å².